The number of hydrogen-bond donors (Lipinski definition) is 1. The number of hydrogen-bond acceptors (Lipinski definition) is 3. The van der Waals surface area contributed by atoms with E-state index in [9.17, 15) is 14.0 Å². The number of nitrogens with zero attached hydrogens (tertiary/aromatic N) is 1. The maximum absolute atomic E-state index is 13.6. The van der Waals surface area contributed by atoms with Gasteiger partial charge in [0.2, 0.25) is 5.91 Å². The Morgan fingerprint density at radius 3 is 2.66 bits per heavy atom. The molecule has 2 aromatic rings. The number of amides is 2. The van der Waals surface area contributed by atoms with Crippen molar-refractivity contribution in [2.75, 3.05) is 30.0 Å². The minimum absolute atomic E-state index is 0.0564. The smallest absolute Gasteiger partial charge is 0.253 e. The third-order valence-corrected chi connectivity index (χ3v) is 5.66. The maximum atomic E-state index is 13.6. The average molecular weight is 396 g/mol. The summed E-state index contributed by atoms with van der Waals surface area (Å²) < 4.78 is 18.8. The molecule has 1 saturated carbocycles. The number of halogens is 1. The van der Waals surface area contributed by atoms with Crippen LogP contribution < -0.4 is 10.2 Å². The highest BCUT2D eigenvalue weighted by atomic mass is 19.1. The second-order valence-corrected chi connectivity index (χ2v) is 7.85. The van der Waals surface area contributed by atoms with Crippen molar-refractivity contribution in [1.29, 1.82) is 0 Å². The fourth-order valence-corrected chi connectivity index (χ4v) is 3.88. The highest BCUT2D eigenvalue weighted by molar-refractivity contribution is 5.95. The molecule has 6 heteroatoms. The van der Waals surface area contributed by atoms with E-state index in [0.29, 0.717) is 36.7 Å². The van der Waals surface area contributed by atoms with Crippen molar-refractivity contribution in [3.8, 4) is 0 Å². The summed E-state index contributed by atoms with van der Waals surface area (Å²) in [5.41, 5.74) is 3.14. The van der Waals surface area contributed by atoms with Gasteiger partial charge in [0.05, 0.1) is 6.61 Å². The summed E-state index contributed by atoms with van der Waals surface area (Å²) >= 11 is 0. The molecule has 1 aliphatic carbocycles. The van der Waals surface area contributed by atoms with Crippen LogP contribution in [0.25, 0.3) is 0 Å². The van der Waals surface area contributed by atoms with E-state index < -0.39 is 0 Å². The lowest BCUT2D eigenvalue weighted by atomic mass is 9.89. The van der Waals surface area contributed by atoms with Crippen molar-refractivity contribution >= 4 is 23.2 Å². The lowest BCUT2D eigenvalue weighted by molar-refractivity contribution is -0.125. The van der Waals surface area contributed by atoms with E-state index in [1.807, 2.05) is 30.3 Å². The highest BCUT2D eigenvalue weighted by Gasteiger charge is 2.34. The van der Waals surface area contributed by atoms with Crippen LogP contribution in [0.3, 0.4) is 0 Å². The quantitative estimate of drug-likeness (QED) is 0.802. The van der Waals surface area contributed by atoms with Crippen molar-refractivity contribution in [2.45, 2.75) is 32.1 Å². The zero-order valence-electron chi connectivity index (χ0n) is 16.5. The van der Waals surface area contributed by atoms with E-state index in [1.165, 1.54) is 6.07 Å². The predicted octanol–water partition coefficient (Wildman–Crippen LogP) is 4.02. The molecule has 1 aliphatic heterocycles. The Hall–Kier alpha value is -2.73. The lowest BCUT2D eigenvalue weighted by Gasteiger charge is -2.27. The van der Waals surface area contributed by atoms with E-state index in [0.717, 1.165) is 24.1 Å². The van der Waals surface area contributed by atoms with Crippen LogP contribution in [0.2, 0.25) is 0 Å². The SMILES string of the molecule is Cc1cc(C(CC(=O)Nc2ccc(N3CCOCC3=O)cc2)C2CC2)ccc1F. The van der Waals surface area contributed by atoms with Gasteiger partial charge in [-0.25, -0.2) is 4.39 Å². The number of anilines is 2. The van der Waals surface area contributed by atoms with Gasteiger partial charge in [-0.1, -0.05) is 12.1 Å². The van der Waals surface area contributed by atoms with Crippen molar-refractivity contribution in [3.05, 3.63) is 59.4 Å². The molecular formula is C23H25FN2O3. The van der Waals surface area contributed by atoms with Gasteiger partial charge >= 0.3 is 0 Å². The normalized spacial score (nSPS) is 17.9. The van der Waals surface area contributed by atoms with E-state index in [1.54, 1.807) is 17.9 Å². The summed E-state index contributed by atoms with van der Waals surface area (Å²) in [6.45, 7) is 2.91. The number of aryl methyl sites for hydroxylation is 1. The molecule has 1 saturated heterocycles. The second kappa shape index (κ2) is 8.33. The van der Waals surface area contributed by atoms with Crippen molar-refractivity contribution in [2.24, 2.45) is 5.92 Å². The molecule has 1 heterocycles. The molecule has 1 N–H and O–H groups in total. The molecule has 152 valence electrons. The zero-order chi connectivity index (χ0) is 20.4. The molecule has 2 amide bonds. The highest BCUT2D eigenvalue weighted by Crippen LogP contribution is 2.44. The summed E-state index contributed by atoms with van der Waals surface area (Å²) in [5, 5.41) is 2.95. The van der Waals surface area contributed by atoms with Crippen LogP contribution in [0.5, 0.6) is 0 Å². The first-order valence-electron chi connectivity index (χ1n) is 10.1. The molecule has 5 nitrogen and oxygen atoms in total. The fraction of sp³-hybridized carbons (Fsp3) is 0.391. The molecule has 4 rings (SSSR count). The van der Waals surface area contributed by atoms with Gasteiger partial charge in [0, 0.05) is 24.3 Å². The predicted molar refractivity (Wildman–Crippen MR) is 109 cm³/mol. The third-order valence-electron chi connectivity index (χ3n) is 5.66. The van der Waals surface area contributed by atoms with Crippen LogP contribution >= 0.6 is 0 Å². The summed E-state index contributed by atoms with van der Waals surface area (Å²) in [6, 6.07) is 12.4. The number of nitrogens with one attached hydrogen (secondary N) is 1. The zero-order valence-corrected chi connectivity index (χ0v) is 16.5. The Labute approximate surface area is 169 Å². The van der Waals surface area contributed by atoms with E-state index in [-0.39, 0.29) is 30.2 Å². The van der Waals surface area contributed by atoms with Crippen LogP contribution in [0, 0.1) is 18.7 Å². The lowest BCUT2D eigenvalue weighted by Crippen LogP contribution is -2.41. The van der Waals surface area contributed by atoms with Gasteiger partial charge < -0.3 is 15.0 Å². The van der Waals surface area contributed by atoms with Crippen LogP contribution in [-0.4, -0.2) is 31.6 Å². The number of carbonyl (C=O) groups is 2. The maximum Gasteiger partial charge on any atom is 0.253 e. The molecule has 1 unspecified atom stereocenters. The Morgan fingerprint density at radius 2 is 2.00 bits per heavy atom. The van der Waals surface area contributed by atoms with E-state index in [2.05, 4.69) is 5.32 Å². The Kier molecular flexibility index (Phi) is 5.62. The molecule has 0 bridgehead atoms. The topological polar surface area (TPSA) is 58.6 Å². The Morgan fingerprint density at radius 1 is 1.24 bits per heavy atom. The average Bonchev–Trinajstić information content (AvgIpc) is 3.55. The van der Waals surface area contributed by atoms with Crippen LogP contribution in [0.1, 0.15) is 36.3 Å². The second-order valence-electron chi connectivity index (χ2n) is 7.85. The number of rotatable bonds is 6. The molecule has 0 spiro atoms. The Bertz CT molecular complexity index is 909. The first kappa shape index (κ1) is 19.6. The van der Waals surface area contributed by atoms with E-state index >= 15 is 0 Å². The van der Waals surface area contributed by atoms with Gasteiger partial charge in [-0.3, -0.25) is 9.59 Å². The van der Waals surface area contributed by atoms with Gasteiger partial charge in [-0.2, -0.15) is 0 Å². The first-order chi connectivity index (χ1) is 14.0. The molecular weight excluding hydrogens is 371 g/mol. The Balaban J connectivity index is 1.40. The monoisotopic (exact) mass is 396 g/mol. The summed E-state index contributed by atoms with van der Waals surface area (Å²) in [4.78, 5) is 26.3. The first-order valence-corrected chi connectivity index (χ1v) is 10.1. The largest absolute Gasteiger partial charge is 0.370 e. The van der Waals surface area contributed by atoms with E-state index in [4.69, 9.17) is 4.74 Å². The fourth-order valence-electron chi connectivity index (χ4n) is 3.88. The molecule has 2 aliphatic rings. The molecule has 2 aromatic carbocycles. The van der Waals surface area contributed by atoms with Crippen molar-refractivity contribution in [1.82, 2.24) is 0 Å². The van der Waals surface area contributed by atoms with Gasteiger partial charge in [0.1, 0.15) is 12.4 Å². The summed E-state index contributed by atoms with van der Waals surface area (Å²) in [7, 11) is 0. The number of morpholine rings is 1. The minimum atomic E-state index is -0.216. The molecule has 1 atom stereocenters. The van der Waals surface area contributed by atoms with Gasteiger partial charge in [-0.15, -0.1) is 0 Å². The minimum Gasteiger partial charge on any atom is -0.370 e. The summed E-state index contributed by atoms with van der Waals surface area (Å²) in [6.07, 6.45) is 2.59. The molecule has 29 heavy (non-hydrogen) atoms. The van der Waals surface area contributed by atoms with Crippen molar-refractivity contribution < 1.29 is 18.7 Å². The number of ether oxygens (including phenoxy) is 1. The number of carbonyl (C=O) groups excluding carboxylic acids is 2. The van der Waals surface area contributed by atoms with Gasteiger partial charge in [0.25, 0.3) is 5.91 Å². The summed E-state index contributed by atoms with van der Waals surface area (Å²) in [5.74, 6) is 0.264. The molecule has 0 radical (unpaired) electrons. The van der Waals surface area contributed by atoms with Crippen LogP contribution in [0.4, 0.5) is 15.8 Å². The third kappa shape index (κ3) is 4.65. The van der Waals surface area contributed by atoms with Gasteiger partial charge in [0.15, 0.2) is 0 Å². The molecule has 2 fully saturated rings. The molecule has 0 aromatic heterocycles. The standard InChI is InChI=1S/C23H25FN2O3/c1-15-12-17(4-9-21(15)24)20(16-2-3-16)13-22(27)25-18-5-7-19(8-6-18)26-10-11-29-14-23(26)28/h4-9,12,16,20H,2-3,10-11,13-14H2,1H3,(H,25,27). The number of benzene rings is 2. The van der Waals surface area contributed by atoms with Crippen LogP contribution in [0.15, 0.2) is 42.5 Å². The van der Waals surface area contributed by atoms with Crippen molar-refractivity contribution in [3.63, 3.8) is 0 Å². The van der Waals surface area contributed by atoms with Crippen LogP contribution in [-0.2, 0) is 14.3 Å². The van der Waals surface area contributed by atoms with Gasteiger partial charge in [-0.05, 0) is 73.1 Å².